The van der Waals surface area contributed by atoms with Gasteiger partial charge < -0.3 is 24.8 Å². The fourth-order valence-electron chi connectivity index (χ4n) is 8.83. The lowest BCUT2D eigenvalue weighted by atomic mass is 9.85. The van der Waals surface area contributed by atoms with E-state index in [2.05, 4.69) is 10.0 Å². The van der Waals surface area contributed by atoms with Crippen molar-refractivity contribution in [1.82, 2.24) is 24.8 Å². The van der Waals surface area contributed by atoms with E-state index in [9.17, 15) is 41.1 Å². The van der Waals surface area contributed by atoms with Gasteiger partial charge in [-0.1, -0.05) is 44.2 Å². The van der Waals surface area contributed by atoms with Crippen molar-refractivity contribution in [2.45, 2.75) is 133 Å². The summed E-state index contributed by atoms with van der Waals surface area (Å²) in [5.74, 6) is -3.75. The molecule has 0 radical (unpaired) electrons. The molecule has 7 atom stereocenters. The minimum atomic E-state index is -5.09. The molecule has 18 heteroatoms. The highest BCUT2D eigenvalue weighted by molar-refractivity contribution is 7.91. The third kappa shape index (κ3) is 7.81. The molecule has 5 aliphatic rings. The molecule has 2 aromatic rings. The zero-order valence-electron chi connectivity index (χ0n) is 33.8. The number of rotatable bonds is 7. The van der Waals surface area contributed by atoms with Crippen molar-refractivity contribution in [2.24, 2.45) is 17.8 Å². The van der Waals surface area contributed by atoms with Gasteiger partial charge in [0.05, 0.1) is 23.6 Å². The van der Waals surface area contributed by atoms with Gasteiger partial charge in [0, 0.05) is 23.1 Å². The zero-order valence-corrected chi connectivity index (χ0v) is 34.6. The maximum Gasteiger partial charge on any atom is 0.411 e. The van der Waals surface area contributed by atoms with E-state index in [4.69, 9.17) is 14.5 Å². The Hall–Kier alpha value is -4.61. The molecule has 4 amide bonds. The summed E-state index contributed by atoms with van der Waals surface area (Å²) in [6, 6.07) is 3.90. The van der Waals surface area contributed by atoms with Crippen LogP contribution in [0.15, 0.2) is 36.4 Å². The fraction of sp³-hybridized carbons (Fsp3) is 0.634. The van der Waals surface area contributed by atoms with E-state index in [1.54, 1.807) is 18.2 Å². The smallest absolute Gasteiger partial charge is 0.411 e. The summed E-state index contributed by atoms with van der Waals surface area (Å²) in [5, 5.41) is 14.6. The lowest BCUT2D eigenvalue weighted by molar-refractivity contribution is -0.222. The van der Waals surface area contributed by atoms with E-state index >= 15 is 4.79 Å². The van der Waals surface area contributed by atoms with Gasteiger partial charge in [-0.3, -0.25) is 24.0 Å². The summed E-state index contributed by atoms with van der Waals surface area (Å²) in [6.07, 6.45) is -1.42. The van der Waals surface area contributed by atoms with Gasteiger partial charge in [-0.25, -0.2) is 18.2 Å². The standard InChI is InChI=1S/C41H52F3N5O9S/c1-23-11-6-7-12-25-21-40(25,36(52)47-59(55,56)39(5)16-17-39)46-33(50)30-20-26(58-34-28-14-9-8-13-27(28)32-29(45-34)15-10-18-57-32)22-48(30)35(51)31(24(2)19-23)49(37(53)54)38(3,4)41(42,43)44/h7-9,12-14,23-26,30-31H,6,10-11,15-22H2,1-5H3,(H,46,50)(H,47,52)(H,53,54)/b12-7-/t23-,24+,25+,26+,30-,31-,40+/m0/s1. The van der Waals surface area contributed by atoms with E-state index < -0.39 is 85.9 Å². The van der Waals surface area contributed by atoms with Crippen molar-refractivity contribution in [1.29, 1.82) is 0 Å². The van der Waals surface area contributed by atoms with Crippen LogP contribution in [0.1, 0.15) is 91.7 Å². The van der Waals surface area contributed by atoms with Gasteiger partial charge in [-0.15, -0.1) is 0 Å². The van der Waals surface area contributed by atoms with Crippen LogP contribution in [-0.2, 0) is 30.8 Å². The van der Waals surface area contributed by atoms with Crippen LogP contribution in [0.3, 0.4) is 0 Å². The highest BCUT2D eigenvalue weighted by atomic mass is 32.2. The van der Waals surface area contributed by atoms with Gasteiger partial charge in [-0.05, 0) is 90.0 Å². The van der Waals surface area contributed by atoms with Crippen molar-refractivity contribution in [2.75, 3.05) is 13.2 Å². The third-order valence-corrected chi connectivity index (χ3v) is 15.1. The number of fused-ring (bicyclic) bond motifs is 5. The second-order valence-electron chi connectivity index (χ2n) is 17.8. The minimum Gasteiger partial charge on any atom is -0.491 e. The predicted octanol–water partition coefficient (Wildman–Crippen LogP) is 5.48. The predicted molar refractivity (Wildman–Crippen MR) is 209 cm³/mol. The first-order valence-corrected chi connectivity index (χ1v) is 21.7. The van der Waals surface area contributed by atoms with Gasteiger partial charge in [0.1, 0.15) is 35.0 Å². The monoisotopic (exact) mass is 847 g/mol. The Morgan fingerprint density at radius 3 is 2.47 bits per heavy atom. The number of pyridine rings is 1. The third-order valence-electron chi connectivity index (χ3n) is 13.0. The highest BCUT2D eigenvalue weighted by Crippen LogP contribution is 2.48. The van der Waals surface area contributed by atoms with Crippen molar-refractivity contribution in [3.63, 3.8) is 0 Å². The number of carbonyl (C=O) groups excluding carboxylic acids is 3. The SMILES string of the molecule is C[C@H]1CC/C=C\[C@@H]2C[C@@]2(C(=O)NS(=O)(=O)C2(C)CC2)NC(=O)[C@@H]2C[C@@H](Oc3nc4c(c5ccccc35)OCCC4)CN2C(=O)[C@@H](N(C(=O)O)C(C)(C)C(F)(F)F)[C@H](C)C1. The number of carboxylic acid groups (broad SMARTS) is 1. The van der Waals surface area contributed by atoms with Gasteiger partial charge in [0.2, 0.25) is 27.7 Å². The maximum absolute atomic E-state index is 15.1. The van der Waals surface area contributed by atoms with Crippen LogP contribution in [0, 0.1) is 17.8 Å². The molecule has 0 spiro atoms. The number of sulfonamides is 1. The summed E-state index contributed by atoms with van der Waals surface area (Å²) in [7, 11) is -4.12. The molecule has 14 nitrogen and oxygen atoms in total. The molecule has 4 heterocycles. The Morgan fingerprint density at radius 1 is 1.12 bits per heavy atom. The molecule has 7 rings (SSSR count). The summed E-state index contributed by atoms with van der Waals surface area (Å²) in [4.78, 5) is 62.6. The first kappa shape index (κ1) is 42.5. The fourth-order valence-corrected chi connectivity index (χ4v) is 10.1. The molecule has 1 saturated heterocycles. The van der Waals surface area contributed by atoms with Crippen LogP contribution in [0.25, 0.3) is 10.8 Å². The molecular formula is C41H52F3N5O9S. The molecular weight excluding hydrogens is 796 g/mol. The number of aromatic nitrogens is 1. The molecule has 0 bridgehead atoms. The number of aryl methyl sites for hydroxylation is 1. The number of alkyl halides is 3. The number of amides is 4. The average molecular weight is 848 g/mol. The van der Waals surface area contributed by atoms with Crippen LogP contribution in [0.4, 0.5) is 18.0 Å². The lowest BCUT2D eigenvalue weighted by Gasteiger charge is -2.45. The molecule has 322 valence electrons. The topological polar surface area (TPSA) is 185 Å². The van der Waals surface area contributed by atoms with Crippen LogP contribution < -0.4 is 19.5 Å². The molecule has 1 aromatic heterocycles. The van der Waals surface area contributed by atoms with E-state index in [-0.39, 0.29) is 42.5 Å². The van der Waals surface area contributed by atoms with E-state index in [0.29, 0.717) is 75.8 Å². The molecule has 2 saturated carbocycles. The number of benzene rings is 1. The number of nitrogens with one attached hydrogen (secondary N) is 2. The minimum absolute atomic E-state index is 0.0583. The first-order valence-electron chi connectivity index (χ1n) is 20.3. The Balaban J connectivity index is 1.30. The zero-order chi connectivity index (χ0) is 42.9. The summed E-state index contributed by atoms with van der Waals surface area (Å²) < 4.78 is 84.2. The van der Waals surface area contributed by atoms with E-state index in [1.807, 2.05) is 25.1 Å². The number of ether oxygens (including phenoxy) is 2. The second-order valence-corrected chi connectivity index (χ2v) is 20.0. The van der Waals surface area contributed by atoms with Crippen molar-refractivity contribution in [3.8, 4) is 11.6 Å². The highest BCUT2D eigenvalue weighted by Gasteiger charge is 2.64. The van der Waals surface area contributed by atoms with E-state index in [1.165, 1.54) is 13.8 Å². The van der Waals surface area contributed by atoms with Crippen LogP contribution >= 0.6 is 0 Å². The normalized spacial score (nSPS) is 30.3. The van der Waals surface area contributed by atoms with Crippen molar-refractivity contribution < 1.29 is 55.3 Å². The Kier molecular flexibility index (Phi) is 10.9. The molecule has 3 aliphatic heterocycles. The Labute approximate surface area is 341 Å². The van der Waals surface area contributed by atoms with Crippen LogP contribution in [-0.4, -0.2) is 105 Å². The second kappa shape index (κ2) is 15.1. The number of nitrogens with zero attached hydrogens (tertiary/aromatic N) is 3. The van der Waals surface area contributed by atoms with Crippen LogP contribution in [0.5, 0.6) is 11.6 Å². The van der Waals surface area contributed by atoms with Gasteiger partial charge in [0.25, 0.3) is 5.91 Å². The number of allylic oxidation sites excluding steroid dienone is 1. The van der Waals surface area contributed by atoms with Gasteiger partial charge in [-0.2, -0.15) is 13.2 Å². The number of hydrogen-bond donors (Lipinski definition) is 3. The number of hydrogen-bond acceptors (Lipinski definition) is 9. The molecule has 59 heavy (non-hydrogen) atoms. The van der Waals surface area contributed by atoms with Crippen molar-refractivity contribution >= 4 is 44.6 Å². The lowest BCUT2D eigenvalue weighted by Crippen LogP contribution is -2.66. The summed E-state index contributed by atoms with van der Waals surface area (Å²) in [5.41, 5.74) is -4.09. The average Bonchev–Trinajstić information content (AvgIpc) is 4.04. The Morgan fingerprint density at radius 2 is 1.81 bits per heavy atom. The van der Waals surface area contributed by atoms with Crippen molar-refractivity contribution in [3.05, 3.63) is 42.1 Å². The number of carbonyl (C=O) groups is 4. The van der Waals surface area contributed by atoms with E-state index in [0.717, 1.165) is 10.3 Å². The quantitative estimate of drug-likeness (QED) is 0.302. The molecule has 0 unspecified atom stereocenters. The maximum atomic E-state index is 15.1. The first-order chi connectivity index (χ1) is 27.6. The van der Waals surface area contributed by atoms with Crippen LogP contribution in [0.2, 0.25) is 0 Å². The van der Waals surface area contributed by atoms with Gasteiger partial charge >= 0.3 is 12.3 Å². The van der Waals surface area contributed by atoms with Gasteiger partial charge in [0.15, 0.2) is 0 Å². The number of halogens is 3. The molecule has 2 aliphatic carbocycles. The summed E-state index contributed by atoms with van der Waals surface area (Å²) >= 11 is 0. The Bertz CT molecular complexity index is 2180. The summed E-state index contributed by atoms with van der Waals surface area (Å²) in [6.45, 7) is 6.49. The molecule has 1 aromatic carbocycles. The largest absolute Gasteiger partial charge is 0.491 e. The molecule has 3 N–H and O–H groups in total. The molecule has 3 fully saturated rings.